The Morgan fingerprint density at radius 1 is 1.12 bits per heavy atom. The number of hydrogen-bond donors (Lipinski definition) is 2. The van der Waals surface area contributed by atoms with Gasteiger partial charge < -0.3 is 19.9 Å². The van der Waals surface area contributed by atoms with Crippen LogP contribution < -0.4 is 14.8 Å². The summed E-state index contributed by atoms with van der Waals surface area (Å²) in [6.45, 7) is 3.44. The van der Waals surface area contributed by atoms with E-state index in [0.29, 0.717) is 6.04 Å². The van der Waals surface area contributed by atoms with Crippen LogP contribution in [0.25, 0.3) is 0 Å². The Bertz CT molecular complexity index is 546. The molecule has 2 N–H and O–H groups in total. The van der Waals surface area contributed by atoms with Gasteiger partial charge in [0.05, 0.1) is 7.11 Å². The lowest BCUT2D eigenvalue weighted by Gasteiger charge is -2.36. The van der Waals surface area contributed by atoms with Crippen molar-refractivity contribution in [2.75, 3.05) is 7.11 Å². The highest BCUT2D eigenvalue weighted by Crippen LogP contribution is 2.35. The van der Waals surface area contributed by atoms with E-state index in [9.17, 15) is 4.79 Å². The van der Waals surface area contributed by atoms with Crippen molar-refractivity contribution in [2.45, 2.75) is 77.0 Å². The second kappa shape index (κ2) is 10.4. The van der Waals surface area contributed by atoms with Crippen LogP contribution in [0.1, 0.15) is 58.8 Å². The molecule has 0 spiro atoms. The van der Waals surface area contributed by atoms with Gasteiger partial charge in [-0.05, 0) is 51.7 Å². The third-order valence-electron chi connectivity index (χ3n) is 4.78. The summed E-state index contributed by atoms with van der Waals surface area (Å²) in [6.07, 6.45) is 7.64. The van der Waals surface area contributed by atoms with Crippen molar-refractivity contribution in [1.82, 2.24) is 5.32 Å². The predicted molar refractivity (Wildman–Crippen MR) is 103 cm³/mol. The molecule has 2 saturated carbocycles. The van der Waals surface area contributed by atoms with Gasteiger partial charge >= 0.3 is 0 Å². The van der Waals surface area contributed by atoms with Gasteiger partial charge in [0.2, 0.25) is 5.91 Å². The van der Waals surface area contributed by atoms with E-state index in [0.717, 1.165) is 37.2 Å². The fraction of sp³-hybridized carbons (Fsp3) is 0.667. The van der Waals surface area contributed by atoms with Crippen molar-refractivity contribution in [1.29, 1.82) is 0 Å². The van der Waals surface area contributed by atoms with Crippen LogP contribution in [0.3, 0.4) is 0 Å². The minimum atomic E-state index is -0.167. The molecule has 3 rings (SSSR count). The monoisotopic (exact) mass is 363 g/mol. The van der Waals surface area contributed by atoms with Crippen LogP contribution in [-0.4, -0.2) is 36.4 Å². The third kappa shape index (κ3) is 6.52. The molecule has 2 aliphatic carbocycles. The highest BCUT2D eigenvalue weighted by molar-refractivity contribution is 5.80. The fourth-order valence-electron chi connectivity index (χ4n) is 3.34. The molecular weight excluding hydrogens is 330 g/mol. The summed E-state index contributed by atoms with van der Waals surface area (Å²) < 4.78 is 11.2. The quantitative estimate of drug-likeness (QED) is 0.837. The van der Waals surface area contributed by atoms with Crippen LogP contribution in [0.5, 0.6) is 11.5 Å². The Morgan fingerprint density at radius 3 is 2.27 bits per heavy atom. The van der Waals surface area contributed by atoms with E-state index in [1.54, 1.807) is 21.0 Å². The number of ether oxygens (including phenoxy) is 2. The molecule has 1 aromatic carbocycles. The maximum atomic E-state index is 12.2. The first kappa shape index (κ1) is 20.6. The molecule has 5 nitrogen and oxygen atoms in total. The first-order valence-corrected chi connectivity index (χ1v) is 9.77. The summed E-state index contributed by atoms with van der Waals surface area (Å²) in [6, 6.07) is 8.06. The van der Waals surface area contributed by atoms with Gasteiger partial charge in [-0.2, -0.15) is 0 Å². The number of carbonyl (C=O) groups excluding carboxylic acids is 1. The number of rotatable bonds is 5. The molecule has 0 atom stereocenters. The van der Waals surface area contributed by atoms with Gasteiger partial charge in [-0.3, -0.25) is 4.79 Å². The molecule has 1 aromatic rings. The normalized spacial score (nSPS) is 22.7. The second-order valence-corrected chi connectivity index (χ2v) is 7.50. The van der Waals surface area contributed by atoms with Crippen molar-refractivity contribution in [3.63, 3.8) is 0 Å². The SMILES string of the molecule is CC(C)O.COc1ccccc1OC1CC(C(=O)NC2CCCCC2)C1. The Kier molecular flexibility index (Phi) is 8.23. The zero-order valence-corrected chi connectivity index (χ0v) is 16.2. The molecule has 2 fully saturated rings. The largest absolute Gasteiger partial charge is 0.493 e. The van der Waals surface area contributed by atoms with E-state index >= 15 is 0 Å². The Hall–Kier alpha value is -1.75. The number of hydrogen-bond acceptors (Lipinski definition) is 4. The van der Waals surface area contributed by atoms with Gasteiger partial charge in [0, 0.05) is 18.1 Å². The average molecular weight is 363 g/mol. The third-order valence-corrected chi connectivity index (χ3v) is 4.78. The molecule has 5 heteroatoms. The zero-order chi connectivity index (χ0) is 18.9. The van der Waals surface area contributed by atoms with E-state index in [1.807, 2.05) is 24.3 Å². The topological polar surface area (TPSA) is 67.8 Å². The van der Waals surface area contributed by atoms with Crippen LogP contribution in [0.4, 0.5) is 0 Å². The summed E-state index contributed by atoms with van der Waals surface area (Å²) >= 11 is 0. The zero-order valence-electron chi connectivity index (χ0n) is 16.2. The fourth-order valence-corrected chi connectivity index (χ4v) is 3.34. The highest BCUT2D eigenvalue weighted by Gasteiger charge is 2.37. The second-order valence-electron chi connectivity index (χ2n) is 7.50. The molecule has 146 valence electrons. The van der Waals surface area contributed by atoms with E-state index in [-0.39, 0.29) is 24.0 Å². The first-order valence-electron chi connectivity index (χ1n) is 9.77. The van der Waals surface area contributed by atoms with Crippen molar-refractivity contribution in [3.05, 3.63) is 24.3 Å². The van der Waals surface area contributed by atoms with E-state index in [2.05, 4.69) is 5.32 Å². The van der Waals surface area contributed by atoms with Gasteiger partial charge in [0.15, 0.2) is 11.5 Å². The lowest BCUT2D eigenvalue weighted by atomic mass is 9.81. The van der Waals surface area contributed by atoms with Crippen molar-refractivity contribution in [3.8, 4) is 11.5 Å². The maximum Gasteiger partial charge on any atom is 0.223 e. The van der Waals surface area contributed by atoms with Crippen LogP contribution in [0.2, 0.25) is 0 Å². The van der Waals surface area contributed by atoms with Gasteiger partial charge in [0.1, 0.15) is 6.10 Å². The lowest BCUT2D eigenvalue weighted by Crippen LogP contribution is -2.47. The number of benzene rings is 1. The minimum absolute atomic E-state index is 0.113. The van der Waals surface area contributed by atoms with E-state index in [1.165, 1.54) is 19.3 Å². The summed E-state index contributed by atoms with van der Waals surface area (Å²) in [5.41, 5.74) is 0. The number of aliphatic hydroxyl groups excluding tert-OH is 1. The van der Waals surface area contributed by atoms with Gasteiger partial charge in [-0.15, -0.1) is 0 Å². The smallest absolute Gasteiger partial charge is 0.223 e. The molecule has 0 bridgehead atoms. The molecule has 0 saturated heterocycles. The van der Waals surface area contributed by atoms with Gasteiger partial charge in [-0.1, -0.05) is 31.4 Å². The number of methoxy groups -OCH3 is 1. The minimum Gasteiger partial charge on any atom is -0.493 e. The van der Waals surface area contributed by atoms with Crippen LogP contribution in [0, 0.1) is 5.92 Å². The molecule has 0 heterocycles. The van der Waals surface area contributed by atoms with E-state index < -0.39 is 0 Å². The van der Waals surface area contributed by atoms with Gasteiger partial charge in [0.25, 0.3) is 0 Å². The van der Waals surface area contributed by atoms with Crippen molar-refractivity contribution < 1.29 is 19.4 Å². The molecule has 0 radical (unpaired) electrons. The number of nitrogens with one attached hydrogen (secondary N) is 1. The molecule has 0 aliphatic heterocycles. The molecule has 26 heavy (non-hydrogen) atoms. The molecule has 0 unspecified atom stereocenters. The van der Waals surface area contributed by atoms with Crippen LogP contribution in [0.15, 0.2) is 24.3 Å². The van der Waals surface area contributed by atoms with Crippen LogP contribution >= 0.6 is 0 Å². The number of aliphatic hydroxyl groups is 1. The molecule has 2 aliphatic rings. The number of carbonyl (C=O) groups is 1. The van der Waals surface area contributed by atoms with E-state index in [4.69, 9.17) is 14.6 Å². The van der Waals surface area contributed by atoms with Crippen LogP contribution in [-0.2, 0) is 4.79 Å². The Morgan fingerprint density at radius 2 is 1.69 bits per heavy atom. The molecule has 1 amide bonds. The molecular formula is C21H33NO4. The van der Waals surface area contributed by atoms with Crippen molar-refractivity contribution >= 4 is 5.91 Å². The number of amides is 1. The lowest BCUT2D eigenvalue weighted by molar-refractivity contribution is -0.131. The first-order chi connectivity index (χ1) is 12.5. The predicted octanol–water partition coefficient (Wildman–Crippen LogP) is 3.69. The maximum absolute atomic E-state index is 12.2. The standard InChI is InChI=1S/C18H25NO3.C3H8O/c1-21-16-9-5-6-10-17(16)22-15-11-13(12-15)18(20)19-14-7-3-2-4-8-14;1-3(2)4/h5-6,9-10,13-15H,2-4,7-8,11-12H2,1H3,(H,19,20);3-4H,1-2H3. The van der Waals surface area contributed by atoms with Crippen molar-refractivity contribution in [2.24, 2.45) is 5.92 Å². The summed E-state index contributed by atoms with van der Waals surface area (Å²) in [5.74, 6) is 1.84. The number of para-hydroxylation sites is 2. The Balaban J connectivity index is 0.000000552. The Labute approximate surface area is 157 Å². The average Bonchev–Trinajstić information content (AvgIpc) is 2.58. The summed E-state index contributed by atoms with van der Waals surface area (Å²) in [7, 11) is 1.64. The summed E-state index contributed by atoms with van der Waals surface area (Å²) in [4.78, 5) is 12.2. The highest BCUT2D eigenvalue weighted by atomic mass is 16.5. The molecule has 0 aromatic heterocycles. The van der Waals surface area contributed by atoms with Gasteiger partial charge in [-0.25, -0.2) is 0 Å². The summed E-state index contributed by atoms with van der Waals surface area (Å²) in [5, 5.41) is 11.3.